The van der Waals surface area contributed by atoms with E-state index in [0.29, 0.717) is 32.0 Å². The van der Waals surface area contributed by atoms with E-state index in [4.69, 9.17) is 0 Å². The molecule has 0 spiro atoms. The lowest BCUT2D eigenvalue weighted by Crippen LogP contribution is -2.41. The Bertz CT molecular complexity index is 564. The van der Waals surface area contributed by atoms with Crippen LogP contribution in [0.15, 0.2) is 0 Å². The van der Waals surface area contributed by atoms with Crippen molar-refractivity contribution in [1.82, 2.24) is 25.0 Å². The van der Waals surface area contributed by atoms with E-state index in [1.165, 1.54) is 19.8 Å². The van der Waals surface area contributed by atoms with Gasteiger partial charge in [0.05, 0.1) is 12.6 Å². The second kappa shape index (κ2) is 5.46. The van der Waals surface area contributed by atoms with Crippen LogP contribution >= 0.6 is 0 Å². The first-order chi connectivity index (χ1) is 10.1. The second-order valence-corrected chi connectivity index (χ2v) is 5.97. The van der Waals surface area contributed by atoms with Gasteiger partial charge in [-0.15, -0.1) is 10.2 Å². The third-order valence-electron chi connectivity index (χ3n) is 4.06. The van der Waals surface area contributed by atoms with Gasteiger partial charge in [-0.2, -0.15) is 0 Å². The maximum atomic E-state index is 12.2. The Morgan fingerprint density at radius 2 is 2.10 bits per heavy atom. The summed E-state index contributed by atoms with van der Waals surface area (Å²) in [7, 11) is 0. The van der Waals surface area contributed by atoms with Gasteiger partial charge in [0.1, 0.15) is 5.82 Å². The van der Waals surface area contributed by atoms with Crippen LogP contribution in [0.4, 0.5) is 0 Å². The van der Waals surface area contributed by atoms with E-state index in [9.17, 15) is 9.59 Å². The predicted molar refractivity (Wildman–Crippen MR) is 75.4 cm³/mol. The van der Waals surface area contributed by atoms with Crippen molar-refractivity contribution >= 4 is 11.8 Å². The van der Waals surface area contributed by atoms with Crippen LogP contribution < -0.4 is 5.32 Å². The summed E-state index contributed by atoms with van der Waals surface area (Å²) in [6, 6.07) is 0.212. The maximum Gasteiger partial charge on any atom is 0.224 e. The van der Waals surface area contributed by atoms with Crippen molar-refractivity contribution in [2.75, 3.05) is 13.1 Å². The fourth-order valence-corrected chi connectivity index (χ4v) is 2.87. The molecule has 1 aliphatic carbocycles. The van der Waals surface area contributed by atoms with Crippen molar-refractivity contribution in [3.8, 4) is 0 Å². The van der Waals surface area contributed by atoms with Crippen LogP contribution in [0.5, 0.6) is 0 Å². The van der Waals surface area contributed by atoms with Crippen LogP contribution in [0.2, 0.25) is 0 Å². The number of amides is 2. The van der Waals surface area contributed by atoms with Gasteiger partial charge in [-0.05, 0) is 19.8 Å². The van der Waals surface area contributed by atoms with E-state index >= 15 is 0 Å². The fraction of sp³-hybridized carbons (Fsp3) is 0.714. The molecule has 1 saturated carbocycles. The highest BCUT2D eigenvalue weighted by atomic mass is 16.2. The number of hydrogen-bond donors (Lipinski definition) is 1. The summed E-state index contributed by atoms with van der Waals surface area (Å²) in [6.07, 6.45) is 2.73. The molecule has 3 rings (SSSR count). The third-order valence-corrected chi connectivity index (χ3v) is 4.06. The molecule has 0 radical (unpaired) electrons. The molecule has 21 heavy (non-hydrogen) atoms. The van der Waals surface area contributed by atoms with Gasteiger partial charge in [0, 0.05) is 32.4 Å². The summed E-state index contributed by atoms with van der Waals surface area (Å²) in [6.45, 7) is 5.15. The van der Waals surface area contributed by atoms with E-state index < -0.39 is 0 Å². The van der Waals surface area contributed by atoms with E-state index in [1.54, 1.807) is 0 Å². The van der Waals surface area contributed by atoms with Crippen LogP contribution in [-0.4, -0.2) is 44.6 Å². The van der Waals surface area contributed by atoms with Crippen LogP contribution in [-0.2, 0) is 16.1 Å². The Morgan fingerprint density at radius 1 is 1.33 bits per heavy atom. The van der Waals surface area contributed by atoms with E-state index in [2.05, 4.69) is 27.0 Å². The first-order valence-corrected chi connectivity index (χ1v) is 7.52. The molecule has 2 heterocycles. The SMILES string of the molecule is CC(=O)NCCC(=O)N1Cc2nnc(C3CC3)n2[C@@H](C)C1. The first-order valence-electron chi connectivity index (χ1n) is 7.52. The topological polar surface area (TPSA) is 80.1 Å². The molecular weight excluding hydrogens is 270 g/mol. The highest BCUT2D eigenvalue weighted by Gasteiger charge is 2.35. The van der Waals surface area contributed by atoms with Crippen molar-refractivity contribution in [2.45, 2.75) is 51.6 Å². The predicted octanol–water partition coefficient (Wildman–Crippen LogP) is 0.585. The number of nitrogens with one attached hydrogen (secondary N) is 1. The maximum absolute atomic E-state index is 12.2. The summed E-state index contributed by atoms with van der Waals surface area (Å²) >= 11 is 0. The minimum absolute atomic E-state index is 0.0535. The molecule has 1 N–H and O–H groups in total. The lowest BCUT2D eigenvalue weighted by Gasteiger charge is -2.32. The Morgan fingerprint density at radius 3 is 2.76 bits per heavy atom. The first kappa shape index (κ1) is 14.0. The zero-order valence-corrected chi connectivity index (χ0v) is 12.5. The monoisotopic (exact) mass is 291 g/mol. The number of hydrogen-bond acceptors (Lipinski definition) is 4. The molecule has 0 saturated heterocycles. The molecule has 1 aliphatic heterocycles. The third kappa shape index (κ3) is 2.91. The molecule has 7 nitrogen and oxygen atoms in total. The molecule has 1 aromatic heterocycles. The zero-order valence-electron chi connectivity index (χ0n) is 12.5. The Hall–Kier alpha value is -1.92. The number of rotatable bonds is 4. The molecule has 2 amide bonds. The van der Waals surface area contributed by atoms with Gasteiger partial charge in [-0.25, -0.2) is 0 Å². The van der Waals surface area contributed by atoms with E-state index in [0.717, 1.165) is 11.6 Å². The van der Waals surface area contributed by atoms with Crippen LogP contribution in [0, 0.1) is 0 Å². The molecule has 1 aromatic rings. The minimum Gasteiger partial charge on any atom is -0.356 e. The summed E-state index contributed by atoms with van der Waals surface area (Å²) in [4.78, 5) is 24.8. The van der Waals surface area contributed by atoms with E-state index in [1.807, 2.05) is 4.90 Å². The van der Waals surface area contributed by atoms with Gasteiger partial charge in [-0.1, -0.05) is 0 Å². The Kier molecular flexibility index (Phi) is 3.65. The highest BCUT2D eigenvalue weighted by molar-refractivity contribution is 5.78. The lowest BCUT2D eigenvalue weighted by atomic mass is 10.2. The van der Waals surface area contributed by atoms with Crippen LogP contribution in [0.3, 0.4) is 0 Å². The number of nitrogens with zero attached hydrogens (tertiary/aromatic N) is 4. The fourth-order valence-electron chi connectivity index (χ4n) is 2.87. The summed E-state index contributed by atoms with van der Waals surface area (Å²) in [5.41, 5.74) is 0. The molecule has 0 aromatic carbocycles. The van der Waals surface area contributed by atoms with Gasteiger partial charge in [0.2, 0.25) is 11.8 Å². The quantitative estimate of drug-likeness (QED) is 0.880. The van der Waals surface area contributed by atoms with Crippen LogP contribution in [0.1, 0.15) is 56.7 Å². The summed E-state index contributed by atoms with van der Waals surface area (Å²) in [5.74, 6) is 2.48. The van der Waals surface area contributed by atoms with Crippen molar-refractivity contribution in [2.24, 2.45) is 0 Å². The second-order valence-electron chi connectivity index (χ2n) is 5.97. The number of carbonyl (C=O) groups excluding carboxylic acids is 2. The smallest absolute Gasteiger partial charge is 0.224 e. The Labute approximate surface area is 123 Å². The normalized spacial score (nSPS) is 21.0. The number of carbonyl (C=O) groups is 2. The molecule has 1 fully saturated rings. The van der Waals surface area contributed by atoms with Crippen molar-refractivity contribution in [3.05, 3.63) is 11.6 Å². The van der Waals surface area contributed by atoms with Crippen molar-refractivity contribution < 1.29 is 9.59 Å². The largest absolute Gasteiger partial charge is 0.356 e. The number of fused-ring (bicyclic) bond motifs is 1. The molecular formula is C14H21N5O2. The molecule has 1 atom stereocenters. The molecule has 7 heteroatoms. The van der Waals surface area contributed by atoms with Gasteiger partial charge in [-0.3, -0.25) is 9.59 Å². The van der Waals surface area contributed by atoms with Crippen LogP contribution in [0.25, 0.3) is 0 Å². The summed E-state index contributed by atoms with van der Waals surface area (Å²) < 4.78 is 2.20. The molecule has 0 bridgehead atoms. The standard InChI is InChI=1S/C14H21N5O2/c1-9-7-18(13(21)5-6-15-10(2)20)8-12-16-17-14(19(9)12)11-3-4-11/h9,11H,3-8H2,1-2H3,(H,15,20)/t9-/m0/s1. The van der Waals surface area contributed by atoms with Gasteiger partial charge >= 0.3 is 0 Å². The van der Waals surface area contributed by atoms with E-state index in [-0.39, 0.29) is 17.9 Å². The molecule has 114 valence electrons. The zero-order chi connectivity index (χ0) is 15.0. The molecule has 0 unspecified atom stereocenters. The molecule has 2 aliphatic rings. The average Bonchev–Trinajstić information content (AvgIpc) is 3.18. The highest BCUT2D eigenvalue weighted by Crippen LogP contribution is 2.40. The average molecular weight is 291 g/mol. The Balaban J connectivity index is 1.65. The van der Waals surface area contributed by atoms with Gasteiger partial charge in [0.15, 0.2) is 5.82 Å². The van der Waals surface area contributed by atoms with Gasteiger partial charge in [0.25, 0.3) is 0 Å². The van der Waals surface area contributed by atoms with Gasteiger partial charge < -0.3 is 14.8 Å². The lowest BCUT2D eigenvalue weighted by molar-refractivity contribution is -0.133. The van der Waals surface area contributed by atoms with Crippen molar-refractivity contribution in [1.29, 1.82) is 0 Å². The van der Waals surface area contributed by atoms with Crippen molar-refractivity contribution in [3.63, 3.8) is 0 Å². The number of aromatic nitrogens is 3. The summed E-state index contributed by atoms with van der Waals surface area (Å²) in [5, 5.41) is 11.2. The minimum atomic E-state index is -0.108.